The Balaban J connectivity index is 2.07. The molecule has 130 valence electrons. The number of benzene rings is 1. The first kappa shape index (κ1) is 18.4. The van der Waals surface area contributed by atoms with Crippen LogP contribution in [-0.2, 0) is 10.0 Å². The van der Waals surface area contributed by atoms with E-state index < -0.39 is 14.9 Å². The molecular formula is C16H21N3O4S. The maximum atomic E-state index is 12.6. The van der Waals surface area contributed by atoms with Crippen LogP contribution in [-0.4, -0.2) is 43.9 Å². The molecule has 0 radical (unpaired) electrons. The highest BCUT2D eigenvalue weighted by Crippen LogP contribution is 2.25. The second kappa shape index (κ2) is 7.75. The summed E-state index contributed by atoms with van der Waals surface area (Å²) in [5.74, 6) is 2.60. The molecule has 1 N–H and O–H groups in total. The summed E-state index contributed by atoms with van der Waals surface area (Å²) in [5, 5.41) is 11.0. The topological polar surface area (TPSA) is 92.6 Å². The van der Waals surface area contributed by atoms with Gasteiger partial charge < -0.3 is 4.90 Å². The van der Waals surface area contributed by atoms with Gasteiger partial charge in [0.05, 0.1) is 9.82 Å². The van der Waals surface area contributed by atoms with Gasteiger partial charge in [0.2, 0.25) is 10.0 Å². The number of nitrogens with zero attached hydrogens (tertiary/aromatic N) is 2. The van der Waals surface area contributed by atoms with Gasteiger partial charge in [-0.15, -0.1) is 12.3 Å². The molecule has 1 aromatic carbocycles. The maximum absolute atomic E-state index is 12.6. The van der Waals surface area contributed by atoms with Gasteiger partial charge in [-0.2, -0.15) is 0 Å². The molecule has 0 amide bonds. The van der Waals surface area contributed by atoms with Crippen molar-refractivity contribution in [3.8, 4) is 12.3 Å². The van der Waals surface area contributed by atoms with Gasteiger partial charge in [-0.05, 0) is 38.9 Å². The molecule has 0 unspecified atom stereocenters. The Morgan fingerprint density at radius 3 is 2.67 bits per heavy atom. The number of sulfonamides is 1. The van der Waals surface area contributed by atoms with Crippen molar-refractivity contribution in [2.45, 2.75) is 37.1 Å². The van der Waals surface area contributed by atoms with Crippen molar-refractivity contribution in [2.75, 3.05) is 19.6 Å². The summed E-state index contributed by atoms with van der Waals surface area (Å²) in [6, 6.07) is 3.92. The molecule has 0 bridgehead atoms. The Morgan fingerprint density at radius 2 is 2.08 bits per heavy atom. The standard InChI is InChI=1S/C16H21N3O4S/c1-3-4-10-18-11-8-14(9-12-18)17-24(22,23)16-7-5-6-15(13(16)2)19(20)21/h1,5-7,14,17H,4,8-12H2,2H3. The van der Waals surface area contributed by atoms with E-state index in [0.29, 0.717) is 19.3 Å². The molecule has 1 heterocycles. The van der Waals surface area contributed by atoms with Crippen LogP contribution in [0.3, 0.4) is 0 Å². The lowest BCUT2D eigenvalue weighted by Crippen LogP contribution is -2.44. The Bertz CT molecular complexity index is 747. The highest BCUT2D eigenvalue weighted by molar-refractivity contribution is 7.89. The Hall–Kier alpha value is -1.95. The number of rotatable bonds is 6. The van der Waals surface area contributed by atoms with Crippen LogP contribution in [0.5, 0.6) is 0 Å². The number of terminal acetylenes is 1. The van der Waals surface area contributed by atoms with Crippen LogP contribution in [0.25, 0.3) is 0 Å². The minimum absolute atomic E-state index is 0.0357. The zero-order chi connectivity index (χ0) is 17.7. The van der Waals surface area contributed by atoms with E-state index in [1.165, 1.54) is 25.1 Å². The number of nitrogens with one attached hydrogen (secondary N) is 1. The minimum atomic E-state index is -3.79. The number of piperidine rings is 1. The van der Waals surface area contributed by atoms with E-state index in [0.717, 1.165) is 19.6 Å². The fraction of sp³-hybridized carbons (Fsp3) is 0.500. The highest BCUT2D eigenvalue weighted by atomic mass is 32.2. The number of nitro benzene ring substituents is 1. The molecule has 0 spiro atoms. The Kier molecular flexibility index (Phi) is 5.94. The van der Waals surface area contributed by atoms with Crippen molar-refractivity contribution in [3.05, 3.63) is 33.9 Å². The predicted molar refractivity (Wildman–Crippen MR) is 91.1 cm³/mol. The fourth-order valence-corrected chi connectivity index (χ4v) is 4.44. The molecule has 0 saturated carbocycles. The average Bonchev–Trinajstić information content (AvgIpc) is 2.53. The zero-order valence-electron chi connectivity index (χ0n) is 13.6. The monoisotopic (exact) mass is 351 g/mol. The second-order valence-electron chi connectivity index (χ2n) is 5.85. The second-order valence-corrected chi connectivity index (χ2v) is 7.53. The smallest absolute Gasteiger partial charge is 0.273 e. The van der Waals surface area contributed by atoms with E-state index in [4.69, 9.17) is 6.42 Å². The zero-order valence-corrected chi connectivity index (χ0v) is 14.4. The SMILES string of the molecule is C#CCCN1CCC(NS(=O)(=O)c2cccc([N+](=O)[O-])c2C)CC1. The largest absolute Gasteiger partial charge is 0.302 e. The van der Waals surface area contributed by atoms with Crippen molar-refractivity contribution in [1.29, 1.82) is 0 Å². The fourth-order valence-electron chi connectivity index (χ4n) is 2.87. The average molecular weight is 351 g/mol. The molecular weight excluding hydrogens is 330 g/mol. The van der Waals surface area contributed by atoms with Gasteiger partial charge in [-0.25, -0.2) is 13.1 Å². The summed E-state index contributed by atoms with van der Waals surface area (Å²) in [6.45, 7) is 3.83. The van der Waals surface area contributed by atoms with Crippen molar-refractivity contribution in [1.82, 2.24) is 9.62 Å². The number of hydrogen-bond acceptors (Lipinski definition) is 5. The van der Waals surface area contributed by atoms with Crippen molar-refractivity contribution in [3.63, 3.8) is 0 Å². The van der Waals surface area contributed by atoms with Gasteiger partial charge in [0, 0.05) is 30.6 Å². The van der Waals surface area contributed by atoms with Gasteiger partial charge in [-0.1, -0.05) is 6.07 Å². The molecule has 0 aliphatic carbocycles. The van der Waals surface area contributed by atoms with Crippen LogP contribution in [0, 0.1) is 29.4 Å². The van der Waals surface area contributed by atoms with Gasteiger partial charge in [0.1, 0.15) is 0 Å². The first-order valence-electron chi connectivity index (χ1n) is 7.77. The van der Waals surface area contributed by atoms with E-state index in [-0.39, 0.29) is 22.2 Å². The highest BCUT2D eigenvalue weighted by Gasteiger charge is 2.27. The summed E-state index contributed by atoms with van der Waals surface area (Å²) < 4.78 is 27.8. The predicted octanol–water partition coefficient (Wildman–Crippen LogP) is 1.67. The minimum Gasteiger partial charge on any atom is -0.302 e. The molecule has 7 nitrogen and oxygen atoms in total. The van der Waals surface area contributed by atoms with Gasteiger partial charge in [-0.3, -0.25) is 10.1 Å². The number of nitro groups is 1. The number of likely N-dealkylation sites (tertiary alicyclic amines) is 1. The van der Waals surface area contributed by atoms with Crippen molar-refractivity contribution in [2.24, 2.45) is 0 Å². The van der Waals surface area contributed by atoms with Crippen LogP contribution in [0.2, 0.25) is 0 Å². The summed E-state index contributed by atoms with van der Waals surface area (Å²) >= 11 is 0. The molecule has 24 heavy (non-hydrogen) atoms. The van der Waals surface area contributed by atoms with E-state index in [1.807, 2.05) is 0 Å². The van der Waals surface area contributed by atoms with Gasteiger partial charge >= 0.3 is 0 Å². The summed E-state index contributed by atoms with van der Waals surface area (Å²) in [6.07, 6.45) is 7.32. The van der Waals surface area contributed by atoms with Crippen LogP contribution < -0.4 is 4.72 Å². The normalized spacial score (nSPS) is 16.7. The summed E-state index contributed by atoms with van der Waals surface area (Å²) in [4.78, 5) is 12.6. The first-order chi connectivity index (χ1) is 11.3. The molecule has 2 rings (SSSR count). The van der Waals surface area contributed by atoms with E-state index in [1.54, 1.807) is 0 Å². The molecule has 1 aliphatic rings. The molecule has 0 atom stereocenters. The lowest BCUT2D eigenvalue weighted by molar-refractivity contribution is -0.385. The quantitative estimate of drug-likeness (QED) is 0.478. The maximum Gasteiger partial charge on any atom is 0.273 e. The van der Waals surface area contributed by atoms with Gasteiger partial charge in [0.15, 0.2) is 0 Å². The van der Waals surface area contributed by atoms with Crippen LogP contribution >= 0.6 is 0 Å². The molecule has 0 aromatic heterocycles. The Morgan fingerprint density at radius 1 is 1.42 bits per heavy atom. The molecule has 1 aromatic rings. The van der Waals surface area contributed by atoms with E-state index in [2.05, 4.69) is 15.5 Å². The van der Waals surface area contributed by atoms with Crippen LogP contribution in [0.4, 0.5) is 5.69 Å². The number of hydrogen-bond donors (Lipinski definition) is 1. The Labute approximate surface area is 142 Å². The molecule has 1 saturated heterocycles. The third kappa shape index (κ3) is 4.32. The molecule has 1 fully saturated rings. The summed E-state index contributed by atoms with van der Waals surface area (Å²) in [5.41, 5.74) is -0.0385. The summed E-state index contributed by atoms with van der Waals surface area (Å²) in [7, 11) is -3.79. The molecule has 8 heteroatoms. The molecule has 1 aliphatic heterocycles. The third-order valence-electron chi connectivity index (χ3n) is 4.22. The van der Waals surface area contributed by atoms with Crippen molar-refractivity contribution < 1.29 is 13.3 Å². The lowest BCUT2D eigenvalue weighted by atomic mass is 10.1. The van der Waals surface area contributed by atoms with Crippen LogP contribution in [0.15, 0.2) is 23.1 Å². The van der Waals surface area contributed by atoms with Crippen LogP contribution in [0.1, 0.15) is 24.8 Å². The van der Waals surface area contributed by atoms with Gasteiger partial charge in [0.25, 0.3) is 5.69 Å². The first-order valence-corrected chi connectivity index (χ1v) is 9.25. The lowest BCUT2D eigenvalue weighted by Gasteiger charge is -2.31. The van der Waals surface area contributed by atoms with Crippen molar-refractivity contribution >= 4 is 15.7 Å². The van der Waals surface area contributed by atoms with E-state index >= 15 is 0 Å². The van der Waals surface area contributed by atoms with E-state index in [9.17, 15) is 18.5 Å². The third-order valence-corrected chi connectivity index (χ3v) is 5.89.